The Morgan fingerprint density at radius 2 is 1.55 bits per heavy atom. The number of nitrogens with zero attached hydrogens (tertiary/aromatic N) is 2. The zero-order valence-corrected chi connectivity index (χ0v) is 24.9. The summed E-state index contributed by atoms with van der Waals surface area (Å²) in [7, 11) is -2.73. The Morgan fingerprint density at radius 1 is 0.900 bits per heavy atom. The maximum Gasteiger partial charge on any atom is 0.264 e. The third kappa shape index (κ3) is 7.21. The van der Waals surface area contributed by atoms with E-state index in [4.69, 9.17) is 4.74 Å². The van der Waals surface area contributed by atoms with Gasteiger partial charge in [-0.2, -0.15) is 0 Å². The van der Waals surface area contributed by atoms with E-state index in [1.807, 2.05) is 65.0 Å². The molecule has 2 amide bonds. The quantitative estimate of drug-likeness (QED) is 0.342. The fraction of sp³-hybridized carbons (Fsp3) is 0.355. The van der Waals surface area contributed by atoms with Gasteiger partial charge in [-0.25, -0.2) is 8.42 Å². The monoisotopic (exact) mass is 565 g/mol. The first-order chi connectivity index (χ1) is 19.0. The molecule has 0 radical (unpaired) electrons. The van der Waals surface area contributed by atoms with Crippen LogP contribution in [0.15, 0.2) is 71.6 Å². The zero-order chi connectivity index (χ0) is 29.4. The van der Waals surface area contributed by atoms with Crippen molar-refractivity contribution in [2.24, 2.45) is 0 Å². The van der Waals surface area contributed by atoms with Crippen LogP contribution in [-0.2, 0) is 26.2 Å². The topological polar surface area (TPSA) is 96.0 Å². The van der Waals surface area contributed by atoms with Gasteiger partial charge in [0, 0.05) is 13.1 Å². The number of nitrogens with one attached hydrogen (secondary N) is 1. The average Bonchev–Trinajstić information content (AvgIpc) is 2.91. The summed E-state index contributed by atoms with van der Waals surface area (Å²) in [6.07, 6.45) is 0.363. The molecule has 0 saturated carbocycles. The van der Waals surface area contributed by atoms with Crippen LogP contribution >= 0.6 is 0 Å². The lowest BCUT2D eigenvalue weighted by Gasteiger charge is -2.33. The number of hydrogen-bond donors (Lipinski definition) is 1. The van der Waals surface area contributed by atoms with E-state index in [-0.39, 0.29) is 23.0 Å². The van der Waals surface area contributed by atoms with Crippen LogP contribution in [0, 0.1) is 20.8 Å². The fourth-order valence-corrected chi connectivity index (χ4v) is 5.98. The van der Waals surface area contributed by atoms with Gasteiger partial charge in [-0.15, -0.1) is 0 Å². The highest BCUT2D eigenvalue weighted by atomic mass is 32.2. The number of anilines is 1. The van der Waals surface area contributed by atoms with E-state index in [9.17, 15) is 18.0 Å². The Morgan fingerprint density at radius 3 is 2.15 bits per heavy atom. The van der Waals surface area contributed by atoms with Crippen molar-refractivity contribution in [2.45, 2.75) is 58.5 Å². The number of rotatable bonds is 12. The van der Waals surface area contributed by atoms with Crippen molar-refractivity contribution in [3.05, 3.63) is 89.0 Å². The van der Waals surface area contributed by atoms with Gasteiger partial charge in [-0.05, 0) is 69.5 Å². The molecule has 8 nitrogen and oxygen atoms in total. The van der Waals surface area contributed by atoms with Crippen LogP contribution in [0.1, 0.15) is 42.5 Å². The molecule has 0 aliphatic rings. The highest BCUT2D eigenvalue weighted by Crippen LogP contribution is 2.34. The summed E-state index contributed by atoms with van der Waals surface area (Å²) in [4.78, 5) is 28.7. The number of methoxy groups -OCH3 is 1. The Bertz CT molecular complexity index is 1440. The highest BCUT2D eigenvalue weighted by Gasteiger charge is 2.34. The number of hydrogen-bond acceptors (Lipinski definition) is 5. The van der Waals surface area contributed by atoms with Gasteiger partial charge in [0.05, 0.1) is 17.7 Å². The standard InChI is InChI=1S/C31H39N3O5S/c1-7-27(31(36)32-8-2)33(20-25-11-9-10-23(4)18-25)30(35)21-34(28-19-24(5)14-17-29(28)39-6)40(37,38)26-15-12-22(3)13-16-26/h9-19,27H,7-8,20-21H2,1-6H3,(H,32,36)/t27-/m1/s1. The van der Waals surface area contributed by atoms with Crippen LogP contribution in [0.5, 0.6) is 5.75 Å². The summed E-state index contributed by atoms with van der Waals surface area (Å²) in [6.45, 7) is 9.37. The summed E-state index contributed by atoms with van der Waals surface area (Å²) in [5.74, 6) is -0.471. The number of ether oxygens (including phenoxy) is 1. The maximum atomic E-state index is 14.1. The van der Waals surface area contributed by atoms with Gasteiger partial charge >= 0.3 is 0 Å². The van der Waals surface area contributed by atoms with Crippen molar-refractivity contribution in [1.29, 1.82) is 0 Å². The molecule has 0 aliphatic heterocycles. The van der Waals surface area contributed by atoms with Gasteiger partial charge in [0.2, 0.25) is 11.8 Å². The molecule has 0 heterocycles. The van der Waals surface area contributed by atoms with Gasteiger partial charge in [-0.1, -0.05) is 60.5 Å². The minimum Gasteiger partial charge on any atom is -0.495 e. The first kappa shape index (κ1) is 30.7. The van der Waals surface area contributed by atoms with Crippen molar-refractivity contribution in [3.63, 3.8) is 0 Å². The van der Waals surface area contributed by atoms with E-state index < -0.39 is 28.5 Å². The molecule has 0 unspecified atom stereocenters. The SMILES string of the molecule is CCNC(=O)[C@@H](CC)N(Cc1cccc(C)c1)C(=O)CN(c1cc(C)ccc1OC)S(=O)(=O)c1ccc(C)cc1. The van der Waals surface area contributed by atoms with E-state index in [0.717, 1.165) is 26.6 Å². The molecule has 1 N–H and O–H groups in total. The van der Waals surface area contributed by atoms with Gasteiger partial charge in [0.25, 0.3) is 10.0 Å². The van der Waals surface area contributed by atoms with Gasteiger partial charge < -0.3 is 15.0 Å². The van der Waals surface area contributed by atoms with Crippen molar-refractivity contribution >= 4 is 27.5 Å². The average molecular weight is 566 g/mol. The summed E-state index contributed by atoms with van der Waals surface area (Å²) in [5.41, 5.74) is 3.82. The van der Waals surface area contributed by atoms with E-state index >= 15 is 0 Å². The van der Waals surface area contributed by atoms with E-state index in [2.05, 4.69) is 5.32 Å². The van der Waals surface area contributed by atoms with Crippen LogP contribution in [0.4, 0.5) is 5.69 Å². The molecule has 40 heavy (non-hydrogen) atoms. The van der Waals surface area contributed by atoms with Crippen molar-refractivity contribution in [3.8, 4) is 5.75 Å². The Kier molecular flexibility index (Phi) is 10.3. The molecule has 9 heteroatoms. The Labute approximate surface area is 238 Å². The van der Waals surface area contributed by atoms with Gasteiger partial charge in [0.15, 0.2) is 0 Å². The molecule has 1 atom stereocenters. The predicted octanol–water partition coefficient (Wildman–Crippen LogP) is 4.76. The van der Waals surface area contributed by atoms with Gasteiger partial charge in [-0.3, -0.25) is 13.9 Å². The van der Waals surface area contributed by atoms with Crippen LogP contribution < -0.4 is 14.4 Å². The zero-order valence-electron chi connectivity index (χ0n) is 24.1. The third-order valence-electron chi connectivity index (χ3n) is 6.66. The molecule has 3 aromatic rings. The van der Waals surface area contributed by atoms with E-state index in [1.54, 1.807) is 24.3 Å². The first-order valence-electron chi connectivity index (χ1n) is 13.4. The molecule has 0 spiro atoms. The molecular formula is C31H39N3O5S. The first-order valence-corrected chi connectivity index (χ1v) is 14.8. The molecule has 3 aromatic carbocycles. The molecule has 3 rings (SSSR count). The normalized spacial score (nSPS) is 11.9. The Hall–Kier alpha value is -3.85. The number of carbonyl (C=O) groups is 2. The number of carbonyl (C=O) groups excluding carboxylic acids is 2. The maximum absolute atomic E-state index is 14.1. The summed E-state index contributed by atoms with van der Waals surface area (Å²) in [5, 5.41) is 2.82. The minimum absolute atomic E-state index is 0.0514. The summed E-state index contributed by atoms with van der Waals surface area (Å²) in [6, 6.07) is 18.6. The van der Waals surface area contributed by atoms with Crippen molar-refractivity contribution in [1.82, 2.24) is 10.2 Å². The number of benzene rings is 3. The number of sulfonamides is 1. The van der Waals surface area contributed by atoms with E-state index in [0.29, 0.717) is 18.7 Å². The molecule has 0 aromatic heterocycles. The molecule has 0 saturated heterocycles. The second kappa shape index (κ2) is 13.5. The third-order valence-corrected chi connectivity index (χ3v) is 8.44. The predicted molar refractivity (Wildman–Crippen MR) is 158 cm³/mol. The number of aryl methyl sites for hydroxylation is 3. The molecule has 0 aliphatic carbocycles. The van der Waals surface area contributed by atoms with Crippen LogP contribution in [0.3, 0.4) is 0 Å². The lowest BCUT2D eigenvalue weighted by molar-refractivity contribution is -0.140. The minimum atomic E-state index is -4.19. The summed E-state index contributed by atoms with van der Waals surface area (Å²) < 4.78 is 34.8. The second-order valence-electron chi connectivity index (χ2n) is 9.83. The van der Waals surface area contributed by atoms with Gasteiger partial charge in [0.1, 0.15) is 18.3 Å². The highest BCUT2D eigenvalue weighted by molar-refractivity contribution is 7.92. The van der Waals surface area contributed by atoms with Crippen LogP contribution in [-0.4, -0.2) is 51.4 Å². The smallest absolute Gasteiger partial charge is 0.264 e. The number of amides is 2. The van der Waals surface area contributed by atoms with Crippen LogP contribution in [0.25, 0.3) is 0 Å². The molecule has 0 bridgehead atoms. The number of likely N-dealkylation sites (N-methyl/N-ethyl adjacent to an activating group) is 1. The van der Waals surface area contributed by atoms with Crippen molar-refractivity contribution in [2.75, 3.05) is 24.5 Å². The fourth-order valence-electron chi connectivity index (χ4n) is 4.56. The molecule has 0 fully saturated rings. The summed E-state index contributed by atoms with van der Waals surface area (Å²) >= 11 is 0. The van der Waals surface area contributed by atoms with Crippen LogP contribution in [0.2, 0.25) is 0 Å². The second-order valence-corrected chi connectivity index (χ2v) is 11.7. The van der Waals surface area contributed by atoms with E-state index in [1.165, 1.54) is 24.1 Å². The molecular weight excluding hydrogens is 526 g/mol. The lowest BCUT2D eigenvalue weighted by Crippen LogP contribution is -2.52. The Balaban J connectivity index is 2.13. The van der Waals surface area contributed by atoms with Crippen molar-refractivity contribution < 1.29 is 22.7 Å². The molecule has 214 valence electrons. The lowest BCUT2D eigenvalue weighted by atomic mass is 10.1. The largest absolute Gasteiger partial charge is 0.495 e.